The van der Waals surface area contributed by atoms with Crippen LogP contribution < -0.4 is 5.48 Å². The first-order chi connectivity index (χ1) is 7.93. The molecule has 0 amide bonds. The van der Waals surface area contributed by atoms with Crippen LogP contribution in [0.1, 0.15) is 41.5 Å². The van der Waals surface area contributed by atoms with E-state index < -0.39 is 0 Å². The van der Waals surface area contributed by atoms with Gasteiger partial charge in [0, 0.05) is 17.9 Å². The molecule has 1 saturated heterocycles. The fraction of sp³-hybridized carbons (Fsp3) is 0.857. The first kappa shape index (κ1) is 14.7. The predicted octanol–water partition coefficient (Wildman–Crippen LogP) is 2.92. The van der Waals surface area contributed by atoms with E-state index in [1.54, 1.807) is 7.11 Å². The van der Waals surface area contributed by atoms with E-state index in [0.717, 1.165) is 0 Å². The second-order valence-corrected chi connectivity index (χ2v) is 5.23. The van der Waals surface area contributed by atoms with E-state index in [4.69, 9.17) is 9.57 Å². The van der Waals surface area contributed by atoms with E-state index in [0.29, 0.717) is 17.9 Å². The molecule has 0 aromatic carbocycles. The summed E-state index contributed by atoms with van der Waals surface area (Å²) in [5.74, 6) is 0.804. The summed E-state index contributed by atoms with van der Waals surface area (Å²) in [6, 6.07) is 0.328. The van der Waals surface area contributed by atoms with Crippen molar-refractivity contribution in [2.45, 2.75) is 58.8 Å². The first-order valence-corrected chi connectivity index (χ1v) is 6.62. The molecule has 3 nitrogen and oxygen atoms in total. The Morgan fingerprint density at radius 3 is 1.82 bits per heavy atom. The third-order valence-corrected chi connectivity index (χ3v) is 4.32. The van der Waals surface area contributed by atoms with Gasteiger partial charge in [-0.2, -0.15) is 5.48 Å². The van der Waals surface area contributed by atoms with E-state index in [9.17, 15) is 0 Å². The van der Waals surface area contributed by atoms with E-state index in [2.05, 4.69) is 45.3 Å². The van der Waals surface area contributed by atoms with Crippen molar-refractivity contribution in [3.8, 4) is 0 Å². The van der Waals surface area contributed by atoms with E-state index in [1.165, 1.54) is 0 Å². The zero-order valence-corrected chi connectivity index (χ0v) is 12.2. The Labute approximate surface area is 106 Å². The van der Waals surface area contributed by atoms with Gasteiger partial charge in [-0.1, -0.05) is 39.8 Å². The summed E-state index contributed by atoms with van der Waals surface area (Å²) in [7, 11) is 1.68. The van der Waals surface area contributed by atoms with E-state index >= 15 is 0 Å². The van der Waals surface area contributed by atoms with Crippen molar-refractivity contribution in [3.63, 3.8) is 0 Å². The van der Waals surface area contributed by atoms with Crippen LogP contribution in [0.15, 0.2) is 12.2 Å². The molecule has 0 aromatic heterocycles. The van der Waals surface area contributed by atoms with Gasteiger partial charge >= 0.3 is 0 Å². The van der Waals surface area contributed by atoms with Gasteiger partial charge in [-0.3, -0.25) is 0 Å². The van der Waals surface area contributed by atoms with Crippen LogP contribution in [-0.2, 0) is 9.57 Å². The molecule has 17 heavy (non-hydrogen) atoms. The van der Waals surface area contributed by atoms with Gasteiger partial charge in [0.1, 0.15) is 0 Å². The summed E-state index contributed by atoms with van der Waals surface area (Å²) < 4.78 is 6.17. The molecule has 3 heteroatoms. The van der Waals surface area contributed by atoms with Gasteiger partial charge in [0.15, 0.2) is 0 Å². The second kappa shape index (κ2) is 5.09. The molecule has 1 N–H and O–H groups in total. The molecule has 2 heterocycles. The highest BCUT2D eigenvalue weighted by molar-refractivity contribution is 5.24. The van der Waals surface area contributed by atoms with Crippen molar-refractivity contribution in [1.82, 2.24) is 5.48 Å². The van der Waals surface area contributed by atoms with Crippen LogP contribution in [-0.4, -0.2) is 24.4 Å². The third-order valence-electron chi connectivity index (χ3n) is 4.32. The summed E-state index contributed by atoms with van der Waals surface area (Å²) in [4.78, 5) is 5.10. The topological polar surface area (TPSA) is 30.5 Å². The van der Waals surface area contributed by atoms with Crippen molar-refractivity contribution in [1.29, 1.82) is 0 Å². The number of nitrogens with one attached hydrogen (secondary N) is 1. The molecule has 0 radical (unpaired) electrons. The highest BCUT2D eigenvalue weighted by Gasteiger charge is 2.55. The summed E-state index contributed by atoms with van der Waals surface area (Å²) >= 11 is 0. The Morgan fingerprint density at radius 1 is 1.06 bits per heavy atom. The lowest BCUT2D eigenvalue weighted by Gasteiger charge is -2.50. The van der Waals surface area contributed by atoms with Crippen molar-refractivity contribution in [3.05, 3.63) is 12.2 Å². The molecule has 2 rings (SSSR count). The minimum Gasteiger partial charge on any atom is -0.360 e. The molecule has 2 bridgehead atoms. The Kier molecular flexibility index (Phi) is 4.39. The lowest BCUT2D eigenvalue weighted by atomic mass is 9.74. The Hall–Kier alpha value is -0.380. The smallest absolute Gasteiger partial charge is 0.0888 e. The minimum absolute atomic E-state index is 0.155. The molecule has 1 unspecified atom stereocenters. The predicted molar refractivity (Wildman–Crippen MR) is 70.6 cm³/mol. The quantitative estimate of drug-likeness (QED) is 0.595. The SMILES string of the molecule is CC.CONC1[C@@H](C)[C@@]2(C)C=C[C@](C)(O2)[C@H]1C. The van der Waals surface area contributed by atoms with Crippen LogP contribution in [0.25, 0.3) is 0 Å². The zero-order valence-electron chi connectivity index (χ0n) is 12.2. The Bertz CT molecular complexity index is 268. The molecule has 1 fully saturated rings. The maximum atomic E-state index is 6.17. The van der Waals surface area contributed by atoms with Gasteiger partial charge in [0.05, 0.1) is 18.3 Å². The van der Waals surface area contributed by atoms with Gasteiger partial charge in [0.2, 0.25) is 0 Å². The number of rotatable bonds is 2. The summed E-state index contributed by atoms with van der Waals surface area (Å²) in [6.45, 7) is 12.7. The van der Waals surface area contributed by atoms with E-state index in [-0.39, 0.29) is 11.2 Å². The number of ether oxygens (including phenoxy) is 1. The lowest BCUT2D eigenvalue weighted by Crippen LogP contribution is -2.60. The average Bonchev–Trinajstić information content (AvgIpc) is 2.62. The van der Waals surface area contributed by atoms with Crippen LogP contribution in [0.5, 0.6) is 0 Å². The standard InChI is InChI=1S/C12H21NO2.C2H6/c1-8-10(13-14-5)9(2)12(4)7-6-11(8,3)15-12;1-2/h6-10,13H,1-5H3;1-2H3/t8-,9+,10?,11-,12+;. The number of hydrogen-bond donors (Lipinski definition) is 1. The zero-order chi connectivity index (χ0) is 13.3. The Balaban J connectivity index is 0.000000686. The third kappa shape index (κ3) is 2.28. The molecular weight excluding hydrogens is 214 g/mol. The number of fused-ring (bicyclic) bond motifs is 2. The second-order valence-electron chi connectivity index (χ2n) is 5.23. The van der Waals surface area contributed by atoms with Crippen molar-refractivity contribution >= 4 is 0 Å². The molecule has 100 valence electrons. The van der Waals surface area contributed by atoms with E-state index in [1.807, 2.05) is 13.8 Å². The van der Waals surface area contributed by atoms with Crippen molar-refractivity contribution < 1.29 is 9.57 Å². The molecule has 2 aliphatic rings. The fourth-order valence-electron chi connectivity index (χ4n) is 2.85. The van der Waals surface area contributed by atoms with Gasteiger partial charge in [-0.25, -0.2) is 0 Å². The molecule has 2 aliphatic heterocycles. The highest BCUT2D eigenvalue weighted by Crippen LogP contribution is 2.48. The van der Waals surface area contributed by atoms with Crippen LogP contribution in [0, 0.1) is 11.8 Å². The molecule has 0 aromatic rings. The molecule has 5 atom stereocenters. The lowest BCUT2D eigenvalue weighted by molar-refractivity contribution is -0.189. The molecule has 0 saturated carbocycles. The summed E-state index contributed by atoms with van der Waals surface area (Å²) in [5, 5.41) is 0. The molecular formula is C14H27NO2. The fourth-order valence-corrected chi connectivity index (χ4v) is 2.85. The highest BCUT2D eigenvalue weighted by atomic mass is 16.6. The van der Waals surface area contributed by atoms with Gasteiger partial charge in [-0.15, -0.1) is 0 Å². The summed E-state index contributed by atoms with van der Waals surface area (Å²) in [5.41, 5.74) is 2.80. The van der Waals surface area contributed by atoms with Crippen LogP contribution >= 0.6 is 0 Å². The molecule has 0 aliphatic carbocycles. The largest absolute Gasteiger partial charge is 0.360 e. The number of hydrogen-bond acceptors (Lipinski definition) is 3. The maximum Gasteiger partial charge on any atom is 0.0888 e. The number of hydroxylamine groups is 1. The van der Waals surface area contributed by atoms with Crippen LogP contribution in [0.3, 0.4) is 0 Å². The van der Waals surface area contributed by atoms with Crippen LogP contribution in [0.4, 0.5) is 0 Å². The normalized spacial score (nSPS) is 47.6. The minimum atomic E-state index is -0.155. The maximum absolute atomic E-state index is 6.17. The Morgan fingerprint density at radius 2 is 1.47 bits per heavy atom. The van der Waals surface area contributed by atoms with Crippen molar-refractivity contribution in [2.75, 3.05) is 7.11 Å². The van der Waals surface area contributed by atoms with Crippen molar-refractivity contribution in [2.24, 2.45) is 11.8 Å². The average molecular weight is 241 g/mol. The monoisotopic (exact) mass is 241 g/mol. The van der Waals surface area contributed by atoms with Gasteiger partial charge in [-0.05, 0) is 13.8 Å². The summed E-state index contributed by atoms with van der Waals surface area (Å²) in [6.07, 6.45) is 4.40. The first-order valence-electron chi connectivity index (χ1n) is 6.62. The van der Waals surface area contributed by atoms with Crippen LogP contribution in [0.2, 0.25) is 0 Å². The molecule has 0 spiro atoms. The van der Waals surface area contributed by atoms with Gasteiger partial charge < -0.3 is 9.57 Å². The van der Waals surface area contributed by atoms with Gasteiger partial charge in [0.25, 0.3) is 0 Å².